The van der Waals surface area contributed by atoms with E-state index in [-0.39, 0.29) is 33.5 Å². The number of rotatable bonds is 6. The highest BCUT2D eigenvalue weighted by atomic mass is 32.2. The quantitative estimate of drug-likeness (QED) is 0.206. The normalized spacial score (nSPS) is 14.2. The number of nitrogens with zero attached hydrogens (tertiary/aromatic N) is 1. The average Bonchev–Trinajstić information content (AvgIpc) is 3.35. The molecule has 5 rings (SSSR count). The minimum absolute atomic E-state index is 0.0602. The number of hydrogen-bond donors (Lipinski definition) is 4. The number of aromatic amines is 1. The first-order chi connectivity index (χ1) is 18.3. The van der Waals surface area contributed by atoms with Crippen LogP contribution >= 0.6 is 0 Å². The molecule has 1 aliphatic rings. The third-order valence-electron chi connectivity index (χ3n) is 6.69. The van der Waals surface area contributed by atoms with E-state index in [4.69, 9.17) is 0 Å². The number of aromatic nitrogens is 1. The van der Waals surface area contributed by atoms with Crippen LogP contribution in [-0.4, -0.2) is 57.7 Å². The number of nitrogens with one attached hydrogen (secondary N) is 1. The number of aromatic hydroxyl groups is 2. The Labute approximate surface area is 220 Å². The summed E-state index contributed by atoms with van der Waals surface area (Å²) in [5.74, 6) is -5.19. The minimum atomic E-state index is -3.51. The number of amides is 2. The number of fused-ring (bicyclic) bond motifs is 2. The molecule has 0 fully saturated rings. The lowest BCUT2D eigenvalue weighted by atomic mass is 9.97. The van der Waals surface area contributed by atoms with Crippen LogP contribution in [0.5, 0.6) is 11.5 Å². The Morgan fingerprint density at radius 2 is 1.64 bits per heavy atom. The van der Waals surface area contributed by atoms with Gasteiger partial charge in [0.2, 0.25) is 0 Å². The molecule has 4 N–H and O–H groups in total. The third-order valence-corrected chi connectivity index (χ3v) is 7.53. The number of aromatic carboxylic acids is 1. The van der Waals surface area contributed by atoms with Gasteiger partial charge in [-0.2, -0.15) is 0 Å². The van der Waals surface area contributed by atoms with Gasteiger partial charge in [-0.3, -0.25) is 14.5 Å². The van der Waals surface area contributed by atoms with Crippen molar-refractivity contribution in [3.63, 3.8) is 0 Å². The van der Waals surface area contributed by atoms with Gasteiger partial charge >= 0.3 is 5.97 Å². The van der Waals surface area contributed by atoms with Crippen LogP contribution in [0.4, 0.5) is 4.39 Å². The number of hydrogen-bond acceptors (Lipinski definition) is 7. The fourth-order valence-electron chi connectivity index (χ4n) is 4.92. The maximum absolute atomic E-state index is 14.9. The van der Waals surface area contributed by atoms with Crippen molar-refractivity contribution in [1.82, 2.24) is 9.88 Å². The number of H-pyrrole nitrogens is 1. The second-order valence-electron chi connectivity index (χ2n) is 9.37. The summed E-state index contributed by atoms with van der Waals surface area (Å²) >= 11 is 0. The second kappa shape index (κ2) is 8.95. The maximum atomic E-state index is 14.9. The van der Waals surface area contributed by atoms with Crippen molar-refractivity contribution < 1.29 is 42.5 Å². The van der Waals surface area contributed by atoms with Crippen molar-refractivity contribution in [3.05, 3.63) is 82.3 Å². The Morgan fingerprint density at radius 1 is 1.03 bits per heavy atom. The number of carbonyl (C=O) groups is 3. The van der Waals surface area contributed by atoms with Gasteiger partial charge in [0, 0.05) is 22.8 Å². The number of phenols is 2. The molecule has 1 aromatic heterocycles. The maximum Gasteiger partial charge on any atom is 0.352 e. The van der Waals surface area contributed by atoms with E-state index in [0.29, 0.717) is 16.5 Å². The molecule has 1 atom stereocenters. The van der Waals surface area contributed by atoms with Crippen molar-refractivity contribution in [2.45, 2.75) is 18.7 Å². The van der Waals surface area contributed by atoms with Gasteiger partial charge in [0.05, 0.1) is 28.4 Å². The highest BCUT2D eigenvalue weighted by Crippen LogP contribution is 2.41. The second-order valence-corrected chi connectivity index (χ2v) is 11.5. The number of sulfone groups is 1. The van der Waals surface area contributed by atoms with E-state index in [9.17, 15) is 42.5 Å². The standard InChI is InChI=1S/C27H21FN2O8S/c1-12(30-25(33)17-9-20(31)21(32)10-18(17)26(30)34)15-4-3-5-16-22(24(27(35)36)29-23(15)16)13-6-7-14(19(28)8-13)11-39(2,37)38/h3-10,12,29,31-32H,11H2,1-2H3,(H,35,36). The minimum Gasteiger partial charge on any atom is -0.504 e. The fraction of sp³-hybridized carbons (Fsp3) is 0.148. The summed E-state index contributed by atoms with van der Waals surface area (Å²) in [5, 5.41) is 29.9. The molecule has 39 heavy (non-hydrogen) atoms. The van der Waals surface area contributed by atoms with Crippen LogP contribution in [0.1, 0.15) is 55.3 Å². The Hall–Kier alpha value is -4.71. The van der Waals surface area contributed by atoms with E-state index in [1.54, 1.807) is 25.1 Å². The van der Waals surface area contributed by atoms with Crippen LogP contribution in [0.2, 0.25) is 0 Å². The first-order valence-electron chi connectivity index (χ1n) is 11.6. The van der Waals surface area contributed by atoms with Gasteiger partial charge < -0.3 is 20.3 Å². The molecule has 12 heteroatoms. The molecule has 4 aromatic rings. The van der Waals surface area contributed by atoms with E-state index in [1.807, 2.05) is 0 Å². The Bertz CT molecular complexity index is 1800. The summed E-state index contributed by atoms with van der Waals surface area (Å²) in [5.41, 5.74) is 0.513. The lowest BCUT2D eigenvalue weighted by Crippen LogP contribution is -2.32. The Morgan fingerprint density at radius 3 is 2.18 bits per heavy atom. The van der Waals surface area contributed by atoms with Crippen LogP contribution in [0.3, 0.4) is 0 Å². The van der Waals surface area contributed by atoms with E-state index < -0.39 is 56.7 Å². The number of carboxylic acids is 1. The number of phenolic OH excluding ortho intramolecular Hbond substituents is 2. The molecule has 10 nitrogen and oxygen atoms in total. The molecule has 1 aliphatic heterocycles. The molecular weight excluding hydrogens is 531 g/mol. The molecule has 3 aromatic carbocycles. The lowest BCUT2D eigenvalue weighted by molar-refractivity contribution is 0.0593. The summed E-state index contributed by atoms with van der Waals surface area (Å²) in [6, 6.07) is 9.69. The van der Waals surface area contributed by atoms with Gasteiger partial charge in [0.25, 0.3) is 11.8 Å². The van der Waals surface area contributed by atoms with Crippen molar-refractivity contribution in [2.75, 3.05) is 6.26 Å². The highest BCUT2D eigenvalue weighted by molar-refractivity contribution is 7.89. The van der Waals surface area contributed by atoms with Crippen molar-refractivity contribution in [1.29, 1.82) is 0 Å². The van der Waals surface area contributed by atoms with Gasteiger partial charge in [-0.1, -0.05) is 30.3 Å². The van der Waals surface area contributed by atoms with Crippen molar-refractivity contribution in [3.8, 4) is 22.6 Å². The van der Waals surface area contributed by atoms with Crippen molar-refractivity contribution >= 4 is 38.5 Å². The van der Waals surface area contributed by atoms with Gasteiger partial charge in [0.15, 0.2) is 21.3 Å². The number of carbonyl (C=O) groups excluding carboxylic acids is 2. The Balaban J connectivity index is 1.63. The molecule has 0 saturated heterocycles. The molecule has 0 radical (unpaired) electrons. The summed E-state index contributed by atoms with van der Waals surface area (Å²) < 4.78 is 38.1. The SMILES string of the molecule is CC(c1cccc2c(-c3ccc(CS(C)(=O)=O)c(F)c3)c(C(=O)O)[nH]c12)N1C(=O)c2cc(O)c(O)cc2C1=O. The molecule has 2 amide bonds. The molecule has 1 unspecified atom stereocenters. The zero-order valence-corrected chi connectivity index (χ0v) is 21.3. The Kier molecular flexibility index (Phi) is 5.95. The summed E-state index contributed by atoms with van der Waals surface area (Å²) in [6.07, 6.45) is 0.977. The van der Waals surface area contributed by atoms with E-state index in [0.717, 1.165) is 29.4 Å². The number of imide groups is 1. The van der Waals surface area contributed by atoms with Crippen LogP contribution < -0.4 is 0 Å². The van der Waals surface area contributed by atoms with Gasteiger partial charge in [0.1, 0.15) is 11.5 Å². The summed E-state index contributed by atoms with van der Waals surface area (Å²) in [7, 11) is -3.51. The predicted octanol–water partition coefficient (Wildman–Crippen LogP) is 3.99. The van der Waals surface area contributed by atoms with E-state index in [2.05, 4.69) is 4.98 Å². The number of para-hydroxylation sites is 1. The zero-order chi connectivity index (χ0) is 28.4. The monoisotopic (exact) mass is 552 g/mol. The molecule has 200 valence electrons. The largest absolute Gasteiger partial charge is 0.504 e. The lowest BCUT2D eigenvalue weighted by Gasteiger charge is -2.23. The van der Waals surface area contributed by atoms with Crippen LogP contribution in [-0.2, 0) is 15.6 Å². The topological polar surface area (TPSA) is 165 Å². The fourth-order valence-corrected chi connectivity index (χ4v) is 5.72. The average molecular weight is 553 g/mol. The molecular formula is C27H21FN2O8S. The van der Waals surface area contributed by atoms with Crippen LogP contribution in [0.15, 0.2) is 48.5 Å². The number of benzene rings is 3. The van der Waals surface area contributed by atoms with Crippen LogP contribution in [0.25, 0.3) is 22.0 Å². The van der Waals surface area contributed by atoms with Crippen LogP contribution in [0, 0.1) is 5.82 Å². The van der Waals surface area contributed by atoms with Crippen molar-refractivity contribution in [2.24, 2.45) is 0 Å². The van der Waals surface area contributed by atoms with Gasteiger partial charge in [-0.05, 0) is 36.2 Å². The molecule has 2 heterocycles. The number of carboxylic acid groups (broad SMARTS) is 1. The molecule has 0 aliphatic carbocycles. The summed E-state index contributed by atoms with van der Waals surface area (Å²) in [6.45, 7) is 1.57. The predicted molar refractivity (Wildman–Crippen MR) is 138 cm³/mol. The first kappa shape index (κ1) is 25.9. The van der Waals surface area contributed by atoms with Gasteiger partial charge in [-0.15, -0.1) is 0 Å². The molecule has 0 saturated carbocycles. The molecule has 0 bridgehead atoms. The molecule has 0 spiro atoms. The highest BCUT2D eigenvalue weighted by Gasteiger charge is 2.40. The first-order valence-corrected chi connectivity index (χ1v) is 13.6. The number of halogens is 1. The smallest absolute Gasteiger partial charge is 0.352 e. The van der Waals surface area contributed by atoms with Gasteiger partial charge in [-0.25, -0.2) is 17.6 Å². The summed E-state index contributed by atoms with van der Waals surface area (Å²) in [4.78, 5) is 42.2. The van der Waals surface area contributed by atoms with E-state index >= 15 is 0 Å². The zero-order valence-electron chi connectivity index (χ0n) is 20.5. The van der Waals surface area contributed by atoms with E-state index in [1.165, 1.54) is 12.1 Å². The third kappa shape index (κ3) is 4.28.